The van der Waals surface area contributed by atoms with Crippen LogP contribution in [-0.2, 0) is 4.79 Å². The van der Waals surface area contributed by atoms with Crippen molar-refractivity contribution in [3.05, 3.63) is 0 Å². The molecule has 14 heavy (non-hydrogen) atoms. The lowest BCUT2D eigenvalue weighted by Gasteiger charge is -2.10. The van der Waals surface area contributed by atoms with Crippen LogP contribution in [-0.4, -0.2) is 16.8 Å². The van der Waals surface area contributed by atoms with Crippen LogP contribution in [0.4, 0.5) is 0 Å². The minimum atomic E-state index is -0.621. The van der Waals surface area contributed by atoms with Gasteiger partial charge in [-0.15, -0.1) is 0 Å². The fourth-order valence-electron chi connectivity index (χ4n) is 1.52. The molecule has 84 valence electrons. The van der Waals surface area contributed by atoms with Gasteiger partial charge in [-0.2, -0.15) is 12.6 Å². The first-order valence-corrected chi connectivity index (χ1v) is 6.19. The molecule has 1 unspecified atom stereocenters. The number of carboxylic acids is 1. The molecule has 1 N–H and O–H groups in total. The van der Waals surface area contributed by atoms with Crippen molar-refractivity contribution in [1.29, 1.82) is 0 Å². The Labute approximate surface area is 92.5 Å². The van der Waals surface area contributed by atoms with E-state index in [1.807, 2.05) is 0 Å². The van der Waals surface area contributed by atoms with Gasteiger partial charge in [0.1, 0.15) is 0 Å². The zero-order valence-electron chi connectivity index (χ0n) is 9.04. The summed E-state index contributed by atoms with van der Waals surface area (Å²) in [6.07, 6.45) is 7.03. The first kappa shape index (κ1) is 13.8. The van der Waals surface area contributed by atoms with Crippen molar-refractivity contribution in [2.75, 3.05) is 5.75 Å². The molecule has 0 fully saturated rings. The van der Waals surface area contributed by atoms with Crippen molar-refractivity contribution in [2.24, 2.45) is 5.92 Å². The van der Waals surface area contributed by atoms with Gasteiger partial charge in [0, 0.05) is 0 Å². The topological polar surface area (TPSA) is 37.3 Å². The highest BCUT2D eigenvalue weighted by molar-refractivity contribution is 7.80. The summed E-state index contributed by atoms with van der Waals surface area (Å²) in [5.74, 6) is 0.173. The van der Waals surface area contributed by atoms with Gasteiger partial charge in [0.25, 0.3) is 0 Å². The second kappa shape index (κ2) is 9.38. The molecular formula is C11H22O2S. The first-order chi connectivity index (χ1) is 6.72. The van der Waals surface area contributed by atoms with Gasteiger partial charge >= 0.3 is 5.97 Å². The Balaban J connectivity index is 3.57. The van der Waals surface area contributed by atoms with Crippen LogP contribution in [0.1, 0.15) is 51.9 Å². The summed E-state index contributed by atoms with van der Waals surface area (Å²) in [6, 6.07) is 0. The van der Waals surface area contributed by atoms with E-state index >= 15 is 0 Å². The quantitative estimate of drug-likeness (QED) is 0.460. The second-order valence-corrected chi connectivity index (χ2v) is 4.20. The molecule has 0 aromatic heterocycles. The minimum Gasteiger partial charge on any atom is -0.481 e. The van der Waals surface area contributed by atoms with E-state index in [1.54, 1.807) is 0 Å². The summed E-state index contributed by atoms with van der Waals surface area (Å²) in [5, 5.41) is 8.94. The number of carbonyl (C=O) groups is 1. The molecule has 2 nitrogen and oxygen atoms in total. The summed E-state index contributed by atoms with van der Waals surface area (Å²) in [7, 11) is 0. The summed E-state index contributed by atoms with van der Waals surface area (Å²) < 4.78 is 0. The SMILES string of the molecule is CCCCC(CCCCCS)C(=O)O. The van der Waals surface area contributed by atoms with Gasteiger partial charge in [-0.25, -0.2) is 0 Å². The van der Waals surface area contributed by atoms with Gasteiger partial charge < -0.3 is 5.11 Å². The highest BCUT2D eigenvalue weighted by atomic mass is 32.1. The predicted octanol–water partition coefficient (Wildman–Crippen LogP) is 3.37. The van der Waals surface area contributed by atoms with Crippen LogP contribution in [0.2, 0.25) is 0 Å². The van der Waals surface area contributed by atoms with Crippen molar-refractivity contribution in [3.8, 4) is 0 Å². The Hall–Kier alpha value is -0.180. The smallest absolute Gasteiger partial charge is 0.306 e. The lowest BCUT2D eigenvalue weighted by Crippen LogP contribution is -2.13. The zero-order chi connectivity index (χ0) is 10.8. The Morgan fingerprint density at radius 3 is 2.36 bits per heavy atom. The Morgan fingerprint density at radius 1 is 1.21 bits per heavy atom. The molecule has 1 atom stereocenters. The van der Waals surface area contributed by atoms with E-state index in [0.717, 1.165) is 50.7 Å². The molecule has 0 saturated carbocycles. The van der Waals surface area contributed by atoms with E-state index in [9.17, 15) is 4.79 Å². The lowest BCUT2D eigenvalue weighted by molar-refractivity contribution is -0.142. The van der Waals surface area contributed by atoms with Crippen molar-refractivity contribution < 1.29 is 9.90 Å². The van der Waals surface area contributed by atoms with Crippen LogP contribution in [0.3, 0.4) is 0 Å². The maximum Gasteiger partial charge on any atom is 0.306 e. The molecule has 0 aliphatic rings. The maximum absolute atomic E-state index is 10.9. The molecule has 0 spiro atoms. The number of hydrogen-bond acceptors (Lipinski definition) is 2. The summed E-state index contributed by atoms with van der Waals surface area (Å²) >= 11 is 4.13. The van der Waals surface area contributed by atoms with Crippen molar-refractivity contribution in [2.45, 2.75) is 51.9 Å². The number of rotatable bonds is 9. The van der Waals surface area contributed by atoms with E-state index in [-0.39, 0.29) is 5.92 Å². The molecule has 3 heteroatoms. The molecule has 0 radical (unpaired) electrons. The number of hydrogen-bond donors (Lipinski definition) is 2. The number of aliphatic carboxylic acids is 1. The molecule has 0 saturated heterocycles. The maximum atomic E-state index is 10.9. The number of thiol groups is 1. The zero-order valence-corrected chi connectivity index (χ0v) is 9.93. The molecule has 0 heterocycles. The average molecular weight is 218 g/mol. The van der Waals surface area contributed by atoms with Gasteiger partial charge in [0.2, 0.25) is 0 Å². The van der Waals surface area contributed by atoms with Crippen LogP contribution in [0, 0.1) is 5.92 Å². The first-order valence-electron chi connectivity index (χ1n) is 5.56. The number of carboxylic acid groups (broad SMARTS) is 1. The Bertz CT molecular complexity index is 148. The van der Waals surface area contributed by atoms with E-state index < -0.39 is 5.97 Å². The molecule has 0 aromatic rings. The third kappa shape index (κ3) is 7.25. The van der Waals surface area contributed by atoms with Crippen LogP contribution in [0.5, 0.6) is 0 Å². The molecule has 0 rings (SSSR count). The fourth-order valence-corrected chi connectivity index (χ4v) is 1.74. The van der Waals surface area contributed by atoms with Gasteiger partial charge in [-0.3, -0.25) is 4.79 Å². The third-order valence-electron chi connectivity index (χ3n) is 2.47. The predicted molar refractivity (Wildman–Crippen MR) is 63.0 cm³/mol. The minimum absolute atomic E-state index is 0.116. The van der Waals surface area contributed by atoms with Crippen molar-refractivity contribution in [3.63, 3.8) is 0 Å². The Kier molecular flexibility index (Phi) is 9.26. The largest absolute Gasteiger partial charge is 0.481 e. The van der Waals surface area contributed by atoms with Crippen LogP contribution >= 0.6 is 12.6 Å². The summed E-state index contributed by atoms with van der Waals surface area (Å²) in [6.45, 7) is 2.10. The summed E-state index contributed by atoms with van der Waals surface area (Å²) in [4.78, 5) is 10.9. The van der Waals surface area contributed by atoms with Crippen LogP contribution < -0.4 is 0 Å². The highest BCUT2D eigenvalue weighted by Crippen LogP contribution is 2.17. The van der Waals surface area contributed by atoms with E-state index in [0.29, 0.717) is 0 Å². The molecule has 0 aliphatic heterocycles. The highest BCUT2D eigenvalue weighted by Gasteiger charge is 2.15. The van der Waals surface area contributed by atoms with Gasteiger partial charge in [0.15, 0.2) is 0 Å². The van der Waals surface area contributed by atoms with Crippen LogP contribution in [0.25, 0.3) is 0 Å². The molecule has 0 bridgehead atoms. The lowest BCUT2D eigenvalue weighted by atomic mass is 9.96. The molecule has 0 aliphatic carbocycles. The van der Waals surface area contributed by atoms with Gasteiger partial charge in [-0.1, -0.05) is 32.6 Å². The monoisotopic (exact) mass is 218 g/mol. The van der Waals surface area contributed by atoms with Crippen molar-refractivity contribution >= 4 is 18.6 Å². The van der Waals surface area contributed by atoms with E-state index in [2.05, 4.69) is 19.6 Å². The van der Waals surface area contributed by atoms with Crippen molar-refractivity contribution in [1.82, 2.24) is 0 Å². The van der Waals surface area contributed by atoms with Gasteiger partial charge in [0.05, 0.1) is 5.92 Å². The molecular weight excluding hydrogens is 196 g/mol. The number of unbranched alkanes of at least 4 members (excludes halogenated alkanes) is 3. The Morgan fingerprint density at radius 2 is 1.86 bits per heavy atom. The fraction of sp³-hybridized carbons (Fsp3) is 0.909. The second-order valence-electron chi connectivity index (χ2n) is 3.75. The van der Waals surface area contributed by atoms with Crippen LogP contribution in [0.15, 0.2) is 0 Å². The average Bonchev–Trinajstić information content (AvgIpc) is 2.16. The van der Waals surface area contributed by atoms with Gasteiger partial charge in [-0.05, 0) is 25.0 Å². The third-order valence-corrected chi connectivity index (χ3v) is 2.78. The van der Waals surface area contributed by atoms with E-state index in [4.69, 9.17) is 5.11 Å². The molecule has 0 aromatic carbocycles. The van der Waals surface area contributed by atoms with E-state index in [1.165, 1.54) is 0 Å². The standard InChI is InChI=1S/C11H22O2S/c1-2-3-7-10(11(12)13)8-5-4-6-9-14/h10,14H,2-9H2,1H3,(H,12,13). The molecule has 0 amide bonds. The normalized spacial score (nSPS) is 12.7. The summed E-state index contributed by atoms with van der Waals surface area (Å²) in [5.41, 5.74) is 0.